The average Bonchev–Trinajstić information content (AvgIpc) is 3.43. The number of anilines is 1. The van der Waals surface area contributed by atoms with Gasteiger partial charge < -0.3 is 10.2 Å². The molecular formula is C22H24ClF2N3O. The van der Waals surface area contributed by atoms with Gasteiger partial charge in [-0.25, -0.2) is 13.8 Å². The van der Waals surface area contributed by atoms with Gasteiger partial charge in [0.15, 0.2) is 0 Å². The normalized spacial score (nSPS) is 20.8. The van der Waals surface area contributed by atoms with Gasteiger partial charge in [-0.15, -0.1) is 0 Å². The lowest BCUT2D eigenvalue weighted by Crippen LogP contribution is -2.39. The van der Waals surface area contributed by atoms with Crippen molar-refractivity contribution in [3.63, 3.8) is 0 Å². The summed E-state index contributed by atoms with van der Waals surface area (Å²) >= 11 is 5.92. The zero-order valence-corrected chi connectivity index (χ0v) is 16.8. The molecule has 1 aromatic carbocycles. The first-order chi connectivity index (χ1) is 14.0. The van der Waals surface area contributed by atoms with Crippen LogP contribution in [0.25, 0.3) is 0 Å². The predicted octanol–water partition coefficient (Wildman–Crippen LogP) is 4.89. The van der Waals surface area contributed by atoms with Crippen molar-refractivity contribution in [1.29, 1.82) is 0 Å². The number of hydrogen-bond donors (Lipinski definition) is 1. The summed E-state index contributed by atoms with van der Waals surface area (Å²) in [7, 11) is 0. The summed E-state index contributed by atoms with van der Waals surface area (Å²) in [5.41, 5.74) is -0.114. The molecule has 0 radical (unpaired) electrons. The lowest BCUT2D eigenvalue weighted by Gasteiger charge is -2.27. The molecule has 7 heteroatoms. The fraction of sp³-hybridized carbons (Fsp3) is 0.455. The quantitative estimate of drug-likeness (QED) is 0.702. The molecular weight excluding hydrogens is 396 g/mol. The Labute approximate surface area is 174 Å². The minimum atomic E-state index is -0.773. The molecule has 4 nitrogen and oxygen atoms in total. The maximum atomic E-state index is 14.7. The Morgan fingerprint density at radius 2 is 1.97 bits per heavy atom. The molecule has 2 atom stereocenters. The van der Waals surface area contributed by atoms with Gasteiger partial charge in [0.25, 0.3) is 0 Å². The third-order valence-electron chi connectivity index (χ3n) is 6.09. The molecule has 1 aliphatic carbocycles. The van der Waals surface area contributed by atoms with E-state index in [4.69, 9.17) is 11.6 Å². The van der Waals surface area contributed by atoms with E-state index in [9.17, 15) is 13.6 Å². The van der Waals surface area contributed by atoms with Crippen LogP contribution < -0.4 is 10.2 Å². The smallest absolute Gasteiger partial charge is 0.225 e. The molecule has 1 amide bonds. The Morgan fingerprint density at radius 1 is 1.17 bits per heavy atom. The standard InChI is InChI=1S/C22H24ClF2N3O/c23-16-8-9-17(24)19(20(16)25)21(14-5-1-2-6-14)27-22(29)15-10-12-28(13-15)18-7-3-4-11-26-18/h3-4,7-9,11,14-15,21H,1-2,5-6,10,12-13H2,(H,27,29)/t15-,21+/m1/s1. The third kappa shape index (κ3) is 4.22. The lowest BCUT2D eigenvalue weighted by molar-refractivity contribution is -0.125. The maximum Gasteiger partial charge on any atom is 0.225 e. The summed E-state index contributed by atoms with van der Waals surface area (Å²) in [4.78, 5) is 19.4. The van der Waals surface area contributed by atoms with Crippen molar-refractivity contribution in [2.24, 2.45) is 11.8 Å². The molecule has 1 aliphatic heterocycles. The maximum absolute atomic E-state index is 14.7. The summed E-state index contributed by atoms with van der Waals surface area (Å²) in [6.45, 7) is 1.27. The number of benzene rings is 1. The zero-order valence-electron chi connectivity index (χ0n) is 16.1. The van der Waals surface area contributed by atoms with Crippen molar-refractivity contribution in [3.8, 4) is 0 Å². The molecule has 1 saturated carbocycles. The third-order valence-corrected chi connectivity index (χ3v) is 6.38. The van der Waals surface area contributed by atoms with E-state index >= 15 is 0 Å². The Kier molecular flexibility index (Phi) is 5.99. The minimum absolute atomic E-state index is 0.00899. The number of aromatic nitrogens is 1. The Balaban J connectivity index is 1.53. The molecule has 0 unspecified atom stereocenters. The van der Waals surface area contributed by atoms with Gasteiger partial charge in [-0.05, 0) is 49.4 Å². The van der Waals surface area contributed by atoms with Gasteiger partial charge in [0.2, 0.25) is 5.91 Å². The van der Waals surface area contributed by atoms with Gasteiger partial charge in [0, 0.05) is 24.8 Å². The van der Waals surface area contributed by atoms with Crippen LogP contribution >= 0.6 is 11.6 Å². The van der Waals surface area contributed by atoms with Gasteiger partial charge in [0.05, 0.1) is 17.0 Å². The topological polar surface area (TPSA) is 45.2 Å². The van der Waals surface area contributed by atoms with Crippen LogP contribution in [0.15, 0.2) is 36.5 Å². The Bertz CT molecular complexity index is 874. The van der Waals surface area contributed by atoms with Gasteiger partial charge in [0.1, 0.15) is 17.5 Å². The first-order valence-corrected chi connectivity index (χ1v) is 10.5. The summed E-state index contributed by atoms with van der Waals surface area (Å²) in [6, 6.07) is 7.37. The largest absolute Gasteiger partial charge is 0.356 e. The number of amides is 1. The Morgan fingerprint density at radius 3 is 2.69 bits per heavy atom. The second-order valence-electron chi connectivity index (χ2n) is 7.91. The molecule has 0 spiro atoms. The van der Waals surface area contributed by atoms with Crippen molar-refractivity contribution in [1.82, 2.24) is 10.3 Å². The lowest BCUT2D eigenvalue weighted by atomic mass is 9.90. The molecule has 1 saturated heterocycles. The summed E-state index contributed by atoms with van der Waals surface area (Å²) in [6.07, 6.45) is 6.07. The van der Waals surface area contributed by atoms with Crippen molar-refractivity contribution in [3.05, 3.63) is 58.7 Å². The van der Waals surface area contributed by atoms with Crippen LogP contribution in [-0.2, 0) is 4.79 Å². The van der Waals surface area contributed by atoms with E-state index in [-0.39, 0.29) is 28.3 Å². The highest BCUT2D eigenvalue weighted by molar-refractivity contribution is 6.30. The van der Waals surface area contributed by atoms with E-state index in [1.54, 1.807) is 6.20 Å². The fourth-order valence-corrected chi connectivity index (χ4v) is 4.70. The number of pyridine rings is 1. The monoisotopic (exact) mass is 419 g/mol. The number of rotatable bonds is 5. The van der Waals surface area contributed by atoms with Crippen molar-refractivity contribution < 1.29 is 13.6 Å². The SMILES string of the molecule is O=C(N[C@H](c1c(F)ccc(Cl)c1F)C1CCCC1)[C@@H]1CCN(c2ccccn2)C1. The highest BCUT2D eigenvalue weighted by Crippen LogP contribution is 2.39. The molecule has 2 aromatic rings. The van der Waals surface area contributed by atoms with Crippen molar-refractivity contribution >= 4 is 23.3 Å². The van der Waals surface area contributed by atoms with Crippen LogP contribution in [0.2, 0.25) is 5.02 Å². The van der Waals surface area contributed by atoms with Crippen molar-refractivity contribution in [2.45, 2.75) is 38.1 Å². The highest BCUT2D eigenvalue weighted by Gasteiger charge is 2.36. The van der Waals surface area contributed by atoms with Gasteiger partial charge in [-0.3, -0.25) is 4.79 Å². The summed E-state index contributed by atoms with van der Waals surface area (Å²) in [5, 5.41) is 2.85. The number of hydrogen-bond acceptors (Lipinski definition) is 3. The van der Waals surface area contributed by atoms with E-state index < -0.39 is 17.7 Å². The Hall–Kier alpha value is -2.21. The minimum Gasteiger partial charge on any atom is -0.356 e. The van der Waals surface area contributed by atoms with Crippen LogP contribution in [0.3, 0.4) is 0 Å². The molecule has 2 heterocycles. The molecule has 1 N–H and O–H groups in total. The zero-order chi connectivity index (χ0) is 20.4. The highest BCUT2D eigenvalue weighted by atomic mass is 35.5. The molecule has 0 bridgehead atoms. The first kappa shape index (κ1) is 20.1. The van der Waals surface area contributed by atoms with Crippen LogP contribution in [-0.4, -0.2) is 24.0 Å². The predicted molar refractivity (Wildman–Crippen MR) is 109 cm³/mol. The molecule has 1 aromatic heterocycles. The van der Waals surface area contributed by atoms with E-state index in [1.807, 2.05) is 18.2 Å². The average molecular weight is 420 g/mol. The number of nitrogens with one attached hydrogen (secondary N) is 1. The number of nitrogens with zero attached hydrogens (tertiary/aromatic N) is 2. The van der Waals surface area contributed by atoms with Crippen LogP contribution in [0, 0.1) is 23.5 Å². The first-order valence-electron chi connectivity index (χ1n) is 10.1. The van der Waals surface area contributed by atoms with Crippen LogP contribution in [0.4, 0.5) is 14.6 Å². The van der Waals surface area contributed by atoms with Gasteiger partial charge in [-0.1, -0.05) is 30.5 Å². The van der Waals surface area contributed by atoms with E-state index in [2.05, 4.69) is 15.2 Å². The van der Waals surface area contributed by atoms with E-state index in [1.165, 1.54) is 12.1 Å². The summed E-state index contributed by atoms with van der Waals surface area (Å²) < 4.78 is 29.3. The molecule has 29 heavy (non-hydrogen) atoms. The molecule has 2 aliphatic rings. The molecule has 2 fully saturated rings. The fourth-order valence-electron chi connectivity index (χ4n) is 4.54. The van der Waals surface area contributed by atoms with Gasteiger partial charge in [-0.2, -0.15) is 0 Å². The van der Waals surface area contributed by atoms with Crippen LogP contribution in [0.5, 0.6) is 0 Å². The van der Waals surface area contributed by atoms with E-state index in [0.717, 1.165) is 38.0 Å². The second kappa shape index (κ2) is 8.66. The van der Waals surface area contributed by atoms with Gasteiger partial charge >= 0.3 is 0 Å². The molecule has 4 rings (SSSR count). The van der Waals surface area contributed by atoms with Crippen molar-refractivity contribution in [2.75, 3.05) is 18.0 Å². The number of carbonyl (C=O) groups excluding carboxylic acids is 1. The van der Waals surface area contributed by atoms with Crippen LogP contribution in [0.1, 0.15) is 43.7 Å². The van der Waals surface area contributed by atoms with E-state index in [0.29, 0.717) is 13.0 Å². The number of halogens is 3. The number of carbonyl (C=O) groups is 1. The molecule has 154 valence electrons. The second-order valence-corrected chi connectivity index (χ2v) is 8.31. The summed E-state index contributed by atoms with van der Waals surface area (Å²) in [5.74, 6) is -1.00.